The molecule has 1 fully saturated rings. The highest BCUT2D eigenvalue weighted by atomic mass is 35.5. The molecule has 0 spiro atoms. The van der Waals surface area contributed by atoms with E-state index in [2.05, 4.69) is 12.2 Å². The third-order valence-electron chi connectivity index (χ3n) is 4.26. The van der Waals surface area contributed by atoms with E-state index in [0.29, 0.717) is 5.92 Å². The van der Waals surface area contributed by atoms with Crippen LogP contribution < -0.4 is 5.32 Å². The Morgan fingerprint density at radius 1 is 1.35 bits per heavy atom. The standard InChI is InChI=1S/C17H21ClFNO3/c1-10-6-3-4-9-14(10)20-16(21)11(2)23-17(22)15-12(18)7-5-8-13(15)19/h5,7-8,10-11,14H,3-4,6,9H2,1-2H3,(H,20,21)/t10-,11-,14-/m1/s1. The second-order valence-electron chi connectivity index (χ2n) is 6.02. The first kappa shape index (κ1) is 17.7. The average molecular weight is 342 g/mol. The number of ether oxygens (including phenoxy) is 1. The summed E-state index contributed by atoms with van der Waals surface area (Å²) in [6, 6.07) is 4.01. The lowest BCUT2D eigenvalue weighted by Gasteiger charge is -2.30. The molecule has 1 N–H and O–H groups in total. The number of halogens is 2. The van der Waals surface area contributed by atoms with Gasteiger partial charge in [0.05, 0.1) is 5.02 Å². The van der Waals surface area contributed by atoms with Crippen molar-refractivity contribution in [2.45, 2.75) is 51.7 Å². The number of carbonyl (C=O) groups is 2. The molecule has 1 saturated carbocycles. The zero-order valence-electron chi connectivity index (χ0n) is 13.3. The highest BCUT2D eigenvalue weighted by Gasteiger charge is 2.27. The highest BCUT2D eigenvalue weighted by Crippen LogP contribution is 2.24. The topological polar surface area (TPSA) is 55.4 Å². The lowest BCUT2D eigenvalue weighted by atomic mass is 9.86. The van der Waals surface area contributed by atoms with Gasteiger partial charge in [0.2, 0.25) is 0 Å². The zero-order valence-corrected chi connectivity index (χ0v) is 14.0. The normalized spacial score (nSPS) is 22.3. The van der Waals surface area contributed by atoms with Crippen LogP contribution in [0.4, 0.5) is 4.39 Å². The van der Waals surface area contributed by atoms with E-state index in [9.17, 15) is 14.0 Å². The van der Waals surface area contributed by atoms with Crippen molar-refractivity contribution in [3.05, 3.63) is 34.6 Å². The molecule has 2 rings (SSSR count). The Kier molecular flexibility index (Phi) is 5.99. The molecule has 1 aromatic carbocycles. The van der Waals surface area contributed by atoms with E-state index >= 15 is 0 Å². The quantitative estimate of drug-likeness (QED) is 0.849. The summed E-state index contributed by atoms with van der Waals surface area (Å²) in [6.07, 6.45) is 3.24. The highest BCUT2D eigenvalue weighted by molar-refractivity contribution is 6.33. The number of esters is 1. The molecule has 0 saturated heterocycles. The smallest absolute Gasteiger partial charge is 0.343 e. The maximum atomic E-state index is 13.7. The molecule has 0 unspecified atom stereocenters. The number of amides is 1. The summed E-state index contributed by atoms with van der Waals surface area (Å²) in [7, 11) is 0. The second-order valence-corrected chi connectivity index (χ2v) is 6.43. The van der Waals surface area contributed by atoms with Gasteiger partial charge in [-0.05, 0) is 37.8 Å². The third kappa shape index (κ3) is 4.44. The zero-order chi connectivity index (χ0) is 17.0. The monoisotopic (exact) mass is 341 g/mol. The van der Waals surface area contributed by atoms with Crippen molar-refractivity contribution < 1.29 is 18.7 Å². The summed E-state index contributed by atoms with van der Waals surface area (Å²) in [5, 5.41) is 2.87. The van der Waals surface area contributed by atoms with Gasteiger partial charge in [0.15, 0.2) is 6.10 Å². The maximum Gasteiger partial charge on any atom is 0.343 e. The Hall–Kier alpha value is -1.62. The first-order valence-electron chi connectivity index (χ1n) is 7.85. The molecule has 6 heteroatoms. The van der Waals surface area contributed by atoms with Crippen molar-refractivity contribution in [2.75, 3.05) is 0 Å². The minimum absolute atomic E-state index is 0.0384. The van der Waals surface area contributed by atoms with Crippen LogP contribution in [0.25, 0.3) is 0 Å². The fourth-order valence-electron chi connectivity index (χ4n) is 2.80. The molecule has 1 aromatic rings. The molecule has 126 valence electrons. The molecule has 4 nitrogen and oxygen atoms in total. The van der Waals surface area contributed by atoms with Crippen LogP contribution in [-0.2, 0) is 9.53 Å². The van der Waals surface area contributed by atoms with E-state index in [1.54, 1.807) is 0 Å². The summed E-state index contributed by atoms with van der Waals surface area (Å²) in [5.74, 6) is -1.68. The average Bonchev–Trinajstić information content (AvgIpc) is 2.49. The minimum Gasteiger partial charge on any atom is -0.449 e. The Labute approximate surface area is 140 Å². The molecule has 0 radical (unpaired) electrons. The van der Waals surface area contributed by atoms with Crippen LogP contribution >= 0.6 is 11.6 Å². The summed E-state index contributed by atoms with van der Waals surface area (Å²) in [5.41, 5.74) is -0.347. The number of rotatable bonds is 4. The van der Waals surface area contributed by atoms with Crippen molar-refractivity contribution in [2.24, 2.45) is 5.92 Å². The van der Waals surface area contributed by atoms with Crippen LogP contribution in [-0.4, -0.2) is 24.0 Å². The third-order valence-corrected chi connectivity index (χ3v) is 4.57. The van der Waals surface area contributed by atoms with Gasteiger partial charge in [0, 0.05) is 6.04 Å². The van der Waals surface area contributed by atoms with Crippen LogP contribution in [0.15, 0.2) is 18.2 Å². The summed E-state index contributed by atoms with van der Waals surface area (Å²) in [6.45, 7) is 3.56. The Morgan fingerprint density at radius 2 is 2.04 bits per heavy atom. The number of benzene rings is 1. The molecule has 0 heterocycles. The van der Waals surface area contributed by atoms with Crippen LogP contribution in [0.1, 0.15) is 49.9 Å². The van der Waals surface area contributed by atoms with Crippen LogP contribution in [0.3, 0.4) is 0 Å². The molecule has 1 amide bonds. The van der Waals surface area contributed by atoms with Crippen LogP contribution in [0.2, 0.25) is 5.02 Å². The Morgan fingerprint density at radius 3 is 2.70 bits per heavy atom. The van der Waals surface area contributed by atoms with E-state index in [1.807, 2.05) is 0 Å². The maximum absolute atomic E-state index is 13.7. The van der Waals surface area contributed by atoms with Crippen molar-refractivity contribution >= 4 is 23.5 Å². The van der Waals surface area contributed by atoms with Gasteiger partial charge in [-0.1, -0.05) is 37.4 Å². The number of carbonyl (C=O) groups excluding carboxylic acids is 2. The number of hydrogen-bond donors (Lipinski definition) is 1. The van der Waals surface area contributed by atoms with Gasteiger partial charge in [-0.15, -0.1) is 0 Å². The van der Waals surface area contributed by atoms with Crippen molar-refractivity contribution in [1.29, 1.82) is 0 Å². The summed E-state index contributed by atoms with van der Waals surface area (Å²) < 4.78 is 18.8. The van der Waals surface area contributed by atoms with Crippen LogP contribution in [0.5, 0.6) is 0 Å². The van der Waals surface area contributed by atoms with E-state index in [-0.39, 0.29) is 22.5 Å². The van der Waals surface area contributed by atoms with Crippen molar-refractivity contribution in [3.8, 4) is 0 Å². The van der Waals surface area contributed by atoms with Gasteiger partial charge in [-0.2, -0.15) is 0 Å². The molecule has 0 aromatic heterocycles. The van der Waals surface area contributed by atoms with Crippen LogP contribution in [0, 0.1) is 11.7 Å². The molecular weight excluding hydrogens is 321 g/mol. The lowest BCUT2D eigenvalue weighted by Crippen LogP contribution is -2.46. The fraction of sp³-hybridized carbons (Fsp3) is 0.529. The predicted octanol–water partition coefficient (Wildman–Crippen LogP) is 3.72. The largest absolute Gasteiger partial charge is 0.449 e. The molecule has 0 aliphatic heterocycles. The van der Waals surface area contributed by atoms with Gasteiger partial charge < -0.3 is 10.1 Å². The van der Waals surface area contributed by atoms with E-state index < -0.39 is 17.9 Å². The second kappa shape index (κ2) is 7.77. The molecular formula is C17H21ClFNO3. The molecule has 23 heavy (non-hydrogen) atoms. The van der Waals surface area contributed by atoms with Gasteiger partial charge in [0.1, 0.15) is 11.4 Å². The molecule has 1 aliphatic carbocycles. The number of nitrogens with one attached hydrogen (secondary N) is 1. The molecule has 1 aliphatic rings. The lowest BCUT2D eigenvalue weighted by molar-refractivity contribution is -0.130. The van der Waals surface area contributed by atoms with E-state index in [4.69, 9.17) is 16.3 Å². The number of hydrogen-bond acceptors (Lipinski definition) is 3. The van der Waals surface area contributed by atoms with Gasteiger partial charge in [-0.25, -0.2) is 9.18 Å². The summed E-state index contributed by atoms with van der Waals surface area (Å²) >= 11 is 5.82. The van der Waals surface area contributed by atoms with E-state index in [1.165, 1.54) is 25.5 Å². The fourth-order valence-corrected chi connectivity index (χ4v) is 3.04. The first-order chi connectivity index (χ1) is 10.9. The summed E-state index contributed by atoms with van der Waals surface area (Å²) in [4.78, 5) is 24.2. The first-order valence-corrected chi connectivity index (χ1v) is 8.23. The molecule has 3 atom stereocenters. The van der Waals surface area contributed by atoms with Gasteiger partial charge in [-0.3, -0.25) is 4.79 Å². The van der Waals surface area contributed by atoms with Crippen molar-refractivity contribution in [1.82, 2.24) is 5.32 Å². The van der Waals surface area contributed by atoms with Gasteiger partial charge >= 0.3 is 5.97 Å². The minimum atomic E-state index is -1.01. The van der Waals surface area contributed by atoms with Gasteiger partial charge in [0.25, 0.3) is 5.91 Å². The molecule has 0 bridgehead atoms. The SMILES string of the molecule is C[C@@H]1CCCC[C@H]1NC(=O)[C@@H](C)OC(=O)c1c(F)cccc1Cl. The van der Waals surface area contributed by atoms with Crippen molar-refractivity contribution in [3.63, 3.8) is 0 Å². The predicted molar refractivity (Wildman–Crippen MR) is 85.9 cm³/mol. The Balaban J connectivity index is 1.96. The Bertz CT molecular complexity index is 573. The van der Waals surface area contributed by atoms with E-state index in [0.717, 1.165) is 25.3 Å².